The summed E-state index contributed by atoms with van der Waals surface area (Å²) in [6.45, 7) is 5.05. The van der Waals surface area contributed by atoms with Crippen molar-refractivity contribution in [1.82, 2.24) is 0 Å². The number of ether oxygens (including phenoxy) is 1. The SMILES string of the molecule is CC(C)COc1ccc(CCCCCCCCC(=O)O)c(CCCCCCCCC(=O)O)c1. The quantitative estimate of drug-likeness (QED) is 0.185. The van der Waals surface area contributed by atoms with Crippen LogP contribution in [0, 0.1) is 5.92 Å². The van der Waals surface area contributed by atoms with Crippen molar-refractivity contribution in [3.8, 4) is 5.75 Å². The Morgan fingerprint density at radius 3 is 1.64 bits per heavy atom. The highest BCUT2D eigenvalue weighted by atomic mass is 16.5. The van der Waals surface area contributed by atoms with Crippen LogP contribution in [0.4, 0.5) is 0 Å². The van der Waals surface area contributed by atoms with E-state index in [0.717, 1.165) is 70.1 Å². The van der Waals surface area contributed by atoms with Gasteiger partial charge in [0, 0.05) is 12.8 Å². The van der Waals surface area contributed by atoms with E-state index in [4.69, 9.17) is 14.9 Å². The monoisotopic (exact) mass is 462 g/mol. The van der Waals surface area contributed by atoms with Crippen molar-refractivity contribution >= 4 is 11.9 Å². The summed E-state index contributed by atoms with van der Waals surface area (Å²) in [5.74, 6) is 0.0844. The Balaban J connectivity index is 2.41. The van der Waals surface area contributed by atoms with Gasteiger partial charge in [-0.3, -0.25) is 9.59 Å². The lowest BCUT2D eigenvalue weighted by Crippen LogP contribution is -2.05. The highest BCUT2D eigenvalue weighted by Gasteiger charge is 2.07. The Bertz CT molecular complexity index is 668. The largest absolute Gasteiger partial charge is 0.493 e. The van der Waals surface area contributed by atoms with Crippen LogP contribution in [0.1, 0.15) is 115 Å². The van der Waals surface area contributed by atoms with Crippen LogP contribution in [0.3, 0.4) is 0 Å². The van der Waals surface area contributed by atoms with Crippen LogP contribution in [-0.4, -0.2) is 28.8 Å². The predicted molar refractivity (Wildman–Crippen MR) is 134 cm³/mol. The number of hydrogen-bond donors (Lipinski definition) is 2. The van der Waals surface area contributed by atoms with E-state index in [0.29, 0.717) is 5.92 Å². The maximum Gasteiger partial charge on any atom is 0.303 e. The summed E-state index contributed by atoms with van der Waals surface area (Å²) in [6, 6.07) is 6.58. The standard InChI is InChI=1S/C28H46O5/c1-23(2)22-33-26-20-19-24(15-11-7-3-5-9-13-17-27(29)30)25(21-26)16-12-8-4-6-10-14-18-28(31)32/h19-21,23H,3-18,22H2,1-2H3,(H,29,30)(H,31,32). The number of unbranched alkanes of at least 4 members (excludes halogenated alkanes) is 10. The molecule has 0 spiro atoms. The van der Waals surface area contributed by atoms with Crippen molar-refractivity contribution in [1.29, 1.82) is 0 Å². The summed E-state index contributed by atoms with van der Waals surface area (Å²) >= 11 is 0. The molecule has 0 aliphatic heterocycles. The molecule has 0 saturated carbocycles. The number of aryl methyl sites for hydroxylation is 2. The van der Waals surface area contributed by atoms with Crippen molar-refractivity contribution in [3.05, 3.63) is 29.3 Å². The lowest BCUT2D eigenvalue weighted by molar-refractivity contribution is -0.138. The molecule has 0 radical (unpaired) electrons. The van der Waals surface area contributed by atoms with Gasteiger partial charge in [0.25, 0.3) is 0 Å². The molecule has 188 valence electrons. The van der Waals surface area contributed by atoms with Gasteiger partial charge in [-0.2, -0.15) is 0 Å². The lowest BCUT2D eigenvalue weighted by Gasteiger charge is -2.14. The van der Waals surface area contributed by atoms with E-state index in [2.05, 4.69) is 32.0 Å². The van der Waals surface area contributed by atoms with E-state index < -0.39 is 11.9 Å². The predicted octanol–water partition coefficient (Wildman–Crippen LogP) is 7.44. The van der Waals surface area contributed by atoms with Crippen LogP contribution < -0.4 is 4.74 Å². The molecule has 0 fully saturated rings. The van der Waals surface area contributed by atoms with E-state index >= 15 is 0 Å². The Kier molecular flexibility index (Phi) is 16.2. The molecule has 1 aromatic rings. The van der Waals surface area contributed by atoms with Gasteiger partial charge in [0.05, 0.1) is 6.61 Å². The fraction of sp³-hybridized carbons (Fsp3) is 0.714. The molecule has 0 unspecified atom stereocenters. The molecule has 0 saturated heterocycles. The van der Waals surface area contributed by atoms with Crippen LogP contribution in [0.15, 0.2) is 18.2 Å². The number of benzene rings is 1. The van der Waals surface area contributed by atoms with Gasteiger partial charge in [-0.1, -0.05) is 71.3 Å². The third-order valence-electron chi connectivity index (χ3n) is 5.93. The fourth-order valence-corrected chi connectivity index (χ4v) is 4.03. The van der Waals surface area contributed by atoms with Gasteiger partial charge >= 0.3 is 11.9 Å². The molecule has 0 bridgehead atoms. The van der Waals surface area contributed by atoms with Gasteiger partial charge in [-0.25, -0.2) is 0 Å². The first-order valence-electron chi connectivity index (χ1n) is 13.1. The zero-order valence-electron chi connectivity index (χ0n) is 20.9. The van der Waals surface area contributed by atoms with E-state index in [-0.39, 0.29) is 12.8 Å². The van der Waals surface area contributed by atoms with Crippen LogP contribution >= 0.6 is 0 Å². The number of carboxylic acids is 2. The number of rotatable bonds is 21. The minimum atomic E-state index is -0.694. The first kappa shape index (κ1) is 29.0. The van der Waals surface area contributed by atoms with Gasteiger partial charge in [0.2, 0.25) is 0 Å². The Morgan fingerprint density at radius 1 is 0.697 bits per heavy atom. The Morgan fingerprint density at radius 2 is 1.15 bits per heavy atom. The maximum atomic E-state index is 10.6. The van der Waals surface area contributed by atoms with Crippen molar-refractivity contribution < 1.29 is 24.5 Å². The first-order valence-corrected chi connectivity index (χ1v) is 13.1. The highest BCUT2D eigenvalue weighted by Crippen LogP contribution is 2.23. The minimum absolute atomic E-state index is 0.287. The summed E-state index contributed by atoms with van der Waals surface area (Å²) in [5, 5.41) is 17.4. The van der Waals surface area contributed by atoms with E-state index in [1.165, 1.54) is 43.2 Å². The average Bonchev–Trinajstić information content (AvgIpc) is 2.76. The van der Waals surface area contributed by atoms with Crippen LogP contribution in [-0.2, 0) is 22.4 Å². The molecule has 0 amide bonds. The molecular formula is C28H46O5. The Hall–Kier alpha value is -2.04. The minimum Gasteiger partial charge on any atom is -0.493 e. The normalized spacial score (nSPS) is 11.1. The molecule has 0 heterocycles. The Labute approximate surface area is 200 Å². The summed E-state index contributed by atoms with van der Waals surface area (Å²) < 4.78 is 5.96. The summed E-state index contributed by atoms with van der Waals surface area (Å²) in [7, 11) is 0. The summed E-state index contributed by atoms with van der Waals surface area (Å²) in [4.78, 5) is 21.1. The van der Waals surface area contributed by atoms with Gasteiger partial charge in [0.1, 0.15) is 5.75 Å². The summed E-state index contributed by atoms with van der Waals surface area (Å²) in [5.41, 5.74) is 2.84. The second-order valence-corrected chi connectivity index (χ2v) is 9.67. The second-order valence-electron chi connectivity index (χ2n) is 9.67. The van der Waals surface area contributed by atoms with Crippen molar-refractivity contribution in [3.63, 3.8) is 0 Å². The van der Waals surface area contributed by atoms with Crippen LogP contribution in [0.2, 0.25) is 0 Å². The highest BCUT2D eigenvalue weighted by molar-refractivity contribution is 5.66. The number of hydrogen-bond acceptors (Lipinski definition) is 3. The van der Waals surface area contributed by atoms with Crippen molar-refractivity contribution in [2.75, 3.05) is 6.61 Å². The molecule has 2 N–H and O–H groups in total. The van der Waals surface area contributed by atoms with Gasteiger partial charge in [-0.15, -0.1) is 0 Å². The molecule has 33 heavy (non-hydrogen) atoms. The van der Waals surface area contributed by atoms with Gasteiger partial charge in [-0.05, 0) is 67.7 Å². The zero-order valence-corrected chi connectivity index (χ0v) is 20.9. The molecule has 5 heteroatoms. The zero-order chi connectivity index (χ0) is 24.3. The second kappa shape index (κ2) is 18.4. The van der Waals surface area contributed by atoms with Crippen molar-refractivity contribution in [2.45, 2.75) is 117 Å². The smallest absolute Gasteiger partial charge is 0.303 e. The summed E-state index contributed by atoms with van der Waals surface area (Å²) in [6.07, 6.45) is 15.6. The molecule has 0 atom stereocenters. The maximum absolute atomic E-state index is 10.6. The number of carboxylic acid groups (broad SMARTS) is 2. The van der Waals surface area contributed by atoms with Crippen molar-refractivity contribution in [2.24, 2.45) is 5.92 Å². The first-order chi connectivity index (χ1) is 15.9. The van der Waals surface area contributed by atoms with E-state index in [1.807, 2.05) is 0 Å². The van der Waals surface area contributed by atoms with Gasteiger partial charge < -0.3 is 14.9 Å². The topological polar surface area (TPSA) is 83.8 Å². The molecule has 0 aliphatic carbocycles. The molecule has 1 rings (SSSR count). The van der Waals surface area contributed by atoms with Crippen LogP contribution in [0.25, 0.3) is 0 Å². The molecular weight excluding hydrogens is 416 g/mol. The van der Waals surface area contributed by atoms with E-state index in [1.54, 1.807) is 0 Å². The molecule has 1 aromatic carbocycles. The number of carbonyl (C=O) groups is 2. The van der Waals surface area contributed by atoms with Crippen LogP contribution in [0.5, 0.6) is 5.75 Å². The van der Waals surface area contributed by atoms with Gasteiger partial charge in [0.15, 0.2) is 0 Å². The lowest BCUT2D eigenvalue weighted by atomic mass is 9.96. The van der Waals surface area contributed by atoms with E-state index in [9.17, 15) is 9.59 Å². The molecule has 0 aromatic heterocycles. The molecule has 5 nitrogen and oxygen atoms in total. The number of aliphatic carboxylic acids is 2. The third-order valence-corrected chi connectivity index (χ3v) is 5.93. The fourth-order valence-electron chi connectivity index (χ4n) is 4.03. The molecule has 0 aliphatic rings. The third kappa shape index (κ3) is 16.3. The average molecular weight is 463 g/mol.